The molecule has 364 valence electrons. The van der Waals surface area contributed by atoms with Crippen LogP contribution in [0.4, 0.5) is 0 Å². The van der Waals surface area contributed by atoms with Gasteiger partial charge >= 0.3 is 17.9 Å². The molecule has 0 aliphatic rings. The maximum Gasteiger partial charge on any atom is 0.362 e. The van der Waals surface area contributed by atoms with Crippen molar-refractivity contribution >= 4 is 17.9 Å². The van der Waals surface area contributed by atoms with E-state index in [2.05, 4.69) is 74.6 Å². The molecule has 0 radical (unpaired) electrons. The Balaban J connectivity index is 4.33. The number of hydrogen-bond acceptors (Lipinski definition) is 6. The third kappa shape index (κ3) is 43.5. The van der Waals surface area contributed by atoms with Crippen LogP contribution in [0.1, 0.15) is 187 Å². The van der Waals surface area contributed by atoms with Crippen LogP contribution in [0, 0.1) is 0 Å². The van der Waals surface area contributed by atoms with Crippen LogP contribution in [0.15, 0.2) is 97.2 Å². The number of rotatable bonds is 44. The second-order valence-electron chi connectivity index (χ2n) is 17.8. The van der Waals surface area contributed by atoms with Crippen molar-refractivity contribution in [2.45, 2.75) is 199 Å². The summed E-state index contributed by atoms with van der Waals surface area (Å²) in [5.74, 6) is -1.52. The number of likely N-dealkylation sites (N-methyl/N-ethyl adjacent to an activating group) is 1. The van der Waals surface area contributed by atoms with Gasteiger partial charge in [-0.1, -0.05) is 195 Å². The minimum atomic E-state index is -0.884. The summed E-state index contributed by atoms with van der Waals surface area (Å²) < 4.78 is 17.3. The predicted molar refractivity (Wildman–Crippen MR) is 270 cm³/mol. The van der Waals surface area contributed by atoms with E-state index >= 15 is 0 Å². The number of carboxylic acids is 1. The lowest BCUT2D eigenvalue weighted by Crippen LogP contribution is -2.50. The van der Waals surface area contributed by atoms with Gasteiger partial charge in [-0.2, -0.15) is 0 Å². The summed E-state index contributed by atoms with van der Waals surface area (Å²) >= 11 is 0. The van der Waals surface area contributed by atoms with Gasteiger partial charge in [-0.3, -0.25) is 9.59 Å². The standard InChI is InChI=1S/C56H93NO7/c1-6-8-10-12-14-16-18-20-22-24-26-27-28-29-31-32-34-36-38-40-42-44-46-54(58)63-51-52(50-62-49-48-53(56(60)61)57(3,4)5)64-55(59)47-45-43-41-39-37-35-33-30-25-23-21-19-17-15-13-11-9-7-2/h11,13-17,19-23,25-27,30,33,52-53H,6-10,12,18,24,28-29,31-32,34-51H2,1-5H3/p+1/b13-11+,16-14+,17-15+,21-19+,22-20+,25-23+,27-26+,33-30+. The summed E-state index contributed by atoms with van der Waals surface area (Å²) in [6.07, 6.45) is 61.6. The van der Waals surface area contributed by atoms with E-state index in [1.54, 1.807) is 0 Å². The first-order chi connectivity index (χ1) is 31.1. The van der Waals surface area contributed by atoms with Gasteiger partial charge in [0.1, 0.15) is 6.61 Å². The summed E-state index contributed by atoms with van der Waals surface area (Å²) in [6, 6.07) is -0.627. The van der Waals surface area contributed by atoms with E-state index in [1.807, 2.05) is 57.6 Å². The molecule has 2 unspecified atom stereocenters. The summed E-state index contributed by atoms with van der Waals surface area (Å²) in [6.45, 7) is 4.58. The lowest BCUT2D eigenvalue weighted by molar-refractivity contribution is -0.887. The van der Waals surface area contributed by atoms with Crippen LogP contribution >= 0.6 is 0 Å². The Morgan fingerprint density at radius 3 is 1.42 bits per heavy atom. The van der Waals surface area contributed by atoms with Crippen LogP contribution in [-0.2, 0) is 28.6 Å². The Morgan fingerprint density at radius 1 is 0.484 bits per heavy atom. The van der Waals surface area contributed by atoms with Gasteiger partial charge in [0.2, 0.25) is 0 Å². The molecule has 0 rings (SSSR count). The molecule has 0 bridgehead atoms. The van der Waals surface area contributed by atoms with Gasteiger partial charge in [-0.05, 0) is 70.6 Å². The van der Waals surface area contributed by atoms with E-state index in [0.29, 0.717) is 19.3 Å². The van der Waals surface area contributed by atoms with Crippen molar-refractivity contribution in [1.29, 1.82) is 0 Å². The zero-order chi connectivity index (χ0) is 47.0. The summed E-state index contributed by atoms with van der Waals surface area (Å²) in [5.41, 5.74) is 0. The summed E-state index contributed by atoms with van der Waals surface area (Å²) in [7, 11) is 5.51. The molecule has 0 saturated carbocycles. The average molecular weight is 893 g/mol. The van der Waals surface area contributed by atoms with Crippen molar-refractivity contribution in [3.8, 4) is 0 Å². The number of quaternary nitrogens is 1. The molecule has 1 N–H and O–H groups in total. The van der Waals surface area contributed by atoms with Crippen LogP contribution in [-0.4, -0.2) is 80.6 Å². The number of allylic oxidation sites excluding steroid dienone is 16. The zero-order valence-electron chi connectivity index (χ0n) is 41.4. The maximum absolute atomic E-state index is 12.8. The molecule has 64 heavy (non-hydrogen) atoms. The first-order valence-corrected chi connectivity index (χ1v) is 25.3. The van der Waals surface area contributed by atoms with Crippen molar-refractivity contribution in [1.82, 2.24) is 0 Å². The van der Waals surface area contributed by atoms with E-state index in [-0.39, 0.29) is 36.2 Å². The Labute approximate surface area is 392 Å². The van der Waals surface area contributed by atoms with Gasteiger partial charge in [0.25, 0.3) is 0 Å². The zero-order valence-corrected chi connectivity index (χ0v) is 41.4. The van der Waals surface area contributed by atoms with E-state index < -0.39 is 18.1 Å². The fourth-order valence-corrected chi connectivity index (χ4v) is 6.89. The first-order valence-electron chi connectivity index (χ1n) is 25.3. The molecule has 0 fully saturated rings. The molecular formula is C56H94NO7+. The highest BCUT2D eigenvalue weighted by Crippen LogP contribution is 2.14. The second kappa shape index (κ2) is 45.8. The molecule has 0 aromatic heterocycles. The molecule has 0 aliphatic heterocycles. The van der Waals surface area contributed by atoms with Crippen molar-refractivity contribution in [2.75, 3.05) is 41.0 Å². The Hall–Kier alpha value is -3.75. The largest absolute Gasteiger partial charge is 0.477 e. The fourth-order valence-electron chi connectivity index (χ4n) is 6.89. The molecule has 0 aliphatic carbocycles. The third-order valence-corrected chi connectivity index (χ3v) is 10.8. The normalized spacial score (nSPS) is 13.7. The van der Waals surface area contributed by atoms with Gasteiger partial charge < -0.3 is 23.8 Å². The molecule has 0 heterocycles. The quantitative estimate of drug-likeness (QED) is 0.0214. The predicted octanol–water partition coefficient (Wildman–Crippen LogP) is 14.6. The summed E-state index contributed by atoms with van der Waals surface area (Å²) in [4.78, 5) is 37.2. The number of hydrogen-bond donors (Lipinski definition) is 1. The first kappa shape index (κ1) is 60.2. The number of carboxylic acid groups (broad SMARTS) is 1. The third-order valence-electron chi connectivity index (χ3n) is 10.8. The van der Waals surface area contributed by atoms with Crippen LogP contribution in [0.2, 0.25) is 0 Å². The summed E-state index contributed by atoms with van der Waals surface area (Å²) in [5, 5.41) is 9.65. The number of carbonyl (C=O) groups is 3. The van der Waals surface area contributed by atoms with Crippen molar-refractivity contribution < 1.29 is 38.2 Å². The lowest BCUT2D eigenvalue weighted by atomic mass is 10.1. The number of esters is 2. The highest BCUT2D eigenvalue weighted by Gasteiger charge is 2.31. The molecule has 0 saturated heterocycles. The van der Waals surface area contributed by atoms with Crippen LogP contribution in [0.3, 0.4) is 0 Å². The van der Waals surface area contributed by atoms with E-state index in [4.69, 9.17) is 14.2 Å². The van der Waals surface area contributed by atoms with Crippen molar-refractivity contribution in [2.24, 2.45) is 0 Å². The molecule has 0 spiro atoms. The number of aliphatic carboxylic acids is 1. The van der Waals surface area contributed by atoms with Crippen molar-refractivity contribution in [3.05, 3.63) is 97.2 Å². The topological polar surface area (TPSA) is 99.1 Å². The minimum Gasteiger partial charge on any atom is -0.477 e. The van der Waals surface area contributed by atoms with Gasteiger partial charge in [0, 0.05) is 19.3 Å². The molecule has 0 amide bonds. The van der Waals surface area contributed by atoms with Crippen LogP contribution in [0.25, 0.3) is 0 Å². The Morgan fingerprint density at radius 2 is 0.922 bits per heavy atom. The van der Waals surface area contributed by atoms with Gasteiger partial charge in [0.05, 0.1) is 34.4 Å². The minimum absolute atomic E-state index is 0.0428. The highest BCUT2D eigenvalue weighted by molar-refractivity contribution is 5.72. The number of carbonyl (C=O) groups excluding carboxylic acids is 2. The number of unbranched alkanes of at least 4 members (excludes halogenated alkanes) is 18. The van der Waals surface area contributed by atoms with Gasteiger partial charge in [0.15, 0.2) is 12.1 Å². The molecule has 8 heteroatoms. The van der Waals surface area contributed by atoms with E-state index in [1.165, 1.54) is 70.6 Å². The molecular weight excluding hydrogens is 799 g/mol. The van der Waals surface area contributed by atoms with E-state index in [9.17, 15) is 19.5 Å². The lowest BCUT2D eigenvalue weighted by Gasteiger charge is -2.31. The smallest absolute Gasteiger partial charge is 0.362 e. The average Bonchev–Trinajstić information content (AvgIpc) is 3.26. The second-order valence-corrected chi connectivity index (χ2v) is 17.8. The molecule has 0 aromatic rings. The van der Waals surface area contributed by atoms with Crippen LogP contribution < -0.4 is 0 Å². The van der Waals surface area contributed by atoms with E-state index in [0.717, 1.165) is 83.5 Å². The Bertz CT molecular complexity index is 1360. The molecule has 0 aromatic carbocycles. The number of nitrogens with zero attached hydrogens (tertiary/aromatic N) is 1. The van der Waals surface area contributed by atoms with Gasteiger partial charge in [-0.15, -0.1) is 0 Å². The number of ether oxygens (including phenoxy) is 3. The Kier molecular flexibility index (Phi) is 43.1. The van der Waals surface area contributed by atoms with Crippen molar-refractivity contribution in [3.63, 3.8) is 0 Å². The monoisotopic (exact) mass is 893 g/mol. The van der Waals surface area contributed by atoms with Gasteiger partial charge in [-0.25, -0.2) is 4.79 Å². The molecule has 8 nitrogen and oxygen atoms in total. The molecule has 2 atom stereocenters. The highest BCUT2D eigenvalue weighted by atomic mass is 16.6. The maximum atomic E-state index is 12.8. The SMILES string of the molecule is CCC/C=C/C=C/C=C/C=C/C=C/CCCCCCCC(=O)OC(COCCC(C(=O)O)[N+](C)(C)C)COC(=O)CCCCCCCCCCC/C=C/C/C=C/C/C=C/CCCCC. The fraction of sp³-hybridized carbons (Fsp3) is 0.661. The van der Waals surface area contributed by atoms with Crippen LogP contribution in [0.5, 0.6) is 0 Å².